The van der Waals surface area contributed by atoms with Crippen LogP contribution in [0.25, 0.3) is 0 Å². The van der Waals surface area contributed by atoms with Crippen LogP contribution in [0.2, 0.25) is 0 Å². The predicted octanol–water partition coefficient (Wildman–Crippen LogP) is 2.60. The SMILES string of the molecule is CN1CCc2c(NC3CCSC3)cccc21. The monoisotopic (exact) mass is 234 g/mol. The molecule has 0 saturated carbocycles. The molecule has 1 fully saturated rings. The highest BCUT2D eigenvalue weighted by atomic mass is 32.2. The summed E-state index contributed by atoms with van der Waals surface area (Å²) in [6, 6.07) is 7.32. The lowest BCUT2D eigenvalue weighted by atomic mass is 10.1. The molecule has 1 N–H and O–H groups in total. The summed E-state index contributed by atoms with van der Waals surface area (Å²) in [4.78, 5) is 2.35. The number of thioether (sulfide) groups is 1. The molecule has 1 aromatic carbocycles. The quantitative estimate of drug-likeness (QED) is 0.847. The van der Waals surface area contributed by atoms with Gasteiger partial charge in [-0.25, -0.2) is 0 Å². The molecule has 0 aliphatic carbocycles. The first-order valence-electron chi connectivity index (χ1n) is 6.02. The van der Waals surface area contributed by atoms with Crippen molar-refractivity contribution in [2.45, 2.75) is 18.9 Å². The van der Waals surface area contributed by atoms with Crippen molar-refractivity contribution in [3.8, 4) is 0 Å². The van der Waals surface area contributed by atoms with Gasteiger partial charge < -0.3 is 10.2 Å². The minimum Gasteiger partial charge on any atom is -0.381 e. The van der Waals surface area contributed by atoms with Crippen LogP contribution >= 0.6 is 11.8 Å². The summed E-state index contributed by atoms with van der Waals surface area (Å²) in [6.45, 7) is 1.16. The van der Waals surface area contributed by atoms with E-state index in [0.717, 1.165) is 6.54 Å². The van der Waals surface area contributed by atoms with Gasteiger partial charge in [0.05, 0.1) is 0 Å². The highest BCUT2D eigenvalue weighted by Gasteiger charge is 2.21. The number of rotatable bonds is 2. The van der Waals surface area contributed by atoms with Crippen LogP contribution in [-0.2, 0) is 6.42 Å². The summed E-state index contributed by atoms with van der Waals surface area (Å²) >= 11 is 2.06. The van der Waals surface area contributed by atoms with Gasteiger partial charge in [0.2, 0.25) is 0 Å². The molecule has 2 nitrogen and oxygen atoms in total. The minimum absolute atomic E-state index is 0.683. The second-order valence-corrected chi connectivity index (χ2v) is 5.83. The Kier molecular flexibility index (Phi) is 2.72. The number of benzene rings is 1. The van der Waals surface area contributed by atoms with E-state index in [1.807, 2.05) is 0 Å². The van der Waals surface area contributed by atoms with Crippen LogP contribution < -0.4 is 10.2 Å². The average molecular weight is 234 g/mol. The van der Waals surface area contributed by atoms with E-state index in [4.69, 9.17) is 0 Å². The molecule has 3 heteroatoms. The lowest BCUT2D eigenvalue weighted by Crippen LogP contribution is -2.18. The Morgan fingerprint density at radius 1 is 1.44 bits per heavy atom. The summed E-state index contributed by atoms with van der Waals surface area (Å²) in [5, 5.41) is 3.71. The van der Waals surface area contributed by atoms with Crippen LogP contribution in [0.3, 0.4) is 0 Å². The van der Waals surface area contributed by atoms with Gasteiger partial charge in [0.25, 0.3) is 0 Å². The van der Waals surface area contributed by atoms with Gasteiger partial charge in [-0.05, 0) is 30.7 Å². The second-order valence-electron chi connectivity index (χ2n) is 4.68. The topological polar surface area (TPSA) is 15.3 Å². The average Bonchev–Trinajstić information content (AvgIpc) is 2.90. The molecule has 0 aromatic heterocycles. The first kappa shape index (κ1) is 10.3. The summed E-state index contributed by atoms with van der Waals surface area (Å²) in [7, 11) is 2.18. The first-order chi connectivity index (χ1) is 7.84. The second kappa shape index (κ2) is 4.21. The number of hydrogen-bond acceptors (Lipinski definition) is 3. The van der Waals surface area contributed by atoms with E-state index in [0.29, 0.717) is 6.04 Å². The molecule has 1 saturated heterocycles. The van der Waals surface area contributed by atoms with Crippen molar-refractivity contribution in [1.82, 2.24) is 0 Å². The summed E-state index contributed by atoms with van der Waals surface area (Å²) in [5.74, 6) is 2.58. The standard InChI is InChI=1S/C13H18N2S/c1-15-7-5-11-12(3-2-4-13(11)15)14-10-6-8-16-9-10/h2-4,10,14H,5-9H2,1H3. The number of fused-ring (bicyclic) bond motifs is 1. The van der Waals surface area contributed by atoms with Crippen LogP contribution in [0.4, 0.5) is 11.4 Å². The van der Waals surface area contributed by atoms with Crippen molar-refractivity contribution in [3.05, 3.63) is 23.8 Å². The Balaban J connectivity index is 1.84. The summed E-state index contributed by atoms with van der Waals surface area (Å²) in [6.07, 6.45) is 2.50. The van der Waals surface area contributed by atoms with Crippen molar-refractivity contribution in [3.63, 3.8) is 0 Å². The van der Waals surface area contributed by atoms with E-state index >= 15 is 0 Å². The molecule has 0 bridgehead atoms. The van der Waals surface area contributed by atoms with Gasteiger partial charge in [-0.3, -0.25) is 0 Å². The Bertz CT molecular complexity index is 386. The largest absolute Gasteiger partial charge is 0.381 e. The molecule has 0 radical (unpaired) electrons. The smallest absolute Gasteiger partial charge is 0.0417 e. The highest BCUT2D eigenvalue weighted by Crippen LogP contribution is 2.33. The third kappa shape index (κ3) is 1.77. The van der Waals surface area contributed by atoms with Crippen LogP contribution in [0.5, 0.6) is 0 Å². The van der Waals surface area contributed by atoms with Crippen LogP contribution in [0.1, 0.15) is 12.0 Å². The fourth-order valence-corrected chi connectivity index (χ4v) is 3.75. The third-order valence-electron chi connectivity index (χ3n) is 3.55. The molecule has 0 spiro atoms. The van der Waals surface area contributed by atoms with Crippen molar-refractivity contribution in [1.29, 1.82) is 0 Å². The van der Waals surface area contributed by atoms with Gasteiger partial charge in [-0.15, -0.1) is 0 Å². The summed E-state index contributed by atoms with van der Waals surface area (Å²) < 4.78 is 0. The molecule has 86 valence electrons. The van der Waals surface area contributed by atoms with Gasteiger partial charge in [-0.1, -0.05) is 6.07 Å². The molecule has 2 heterocycles. The minimum atomic E-state index is 0.683. The number of anilines is 2. The van der Waals surface area contributed by atoms with E-state index in [2.05, 4.69) is 47.2 Å². The molecule has 1 unspecified atom stereocenters. The molecule has 0 amide bonds. The number of nitrogens with one attached hydrogen (secondary N) is 1. The Labute approximate surface area is 101 Å². The Morgan fingerprint density at radius 2 is 2.38 bits per heavy atom. The molecule has 2 aliphatic rings. The van der Waals surface area contributed by atoms with Gasteiger partial charge in [0.1, 0.15) is 0 Å². The van der Waals surface area contributed by atoms with E-state index in [-0.39, 0.29) is 0 Å². The van der Waals surface area contributed by atoms with Gasteiger partial charge in [0.15, 0.2) is 0 Å². The molecular weight excluding hydrogens is 216 g/mol. The maximum absolute atomic E-state index is 3.71. The zero-order valence-corrected chi connectivity index (χ0v) is 10.5. The van der Waals surface area contributed by atoms with E-state index < -0.39 is 0 Å². The lowest BCUT2D eigenvalue weighted by molar-refractivity contribution is 0.811. The third-order valence-corrected chi connectivity index (χ3v) is 4.71. The lowest BCUT2D eigenvalue weighted by Gasteiger charge is -2.17. The Morgan fingerprint density at radius 3 is 3.19 bits per heavy atom. The van der Waals surface area contributed by atoms with Crippen LogP contribution in [-0.4, -0.2) is 31.1 Å². The highest BCUT2D eigenvalue weighted by molar-refractivity contribution is 7.99. The Hall–Kier alpha value is -0.830. The fraction of sp³-hybridized carbons (Fsp3) is 0.538. The molecule has 2 aliphatic heterocycles. The molecule has 1 aromatic rings. The van der Waals surface area contributed by atoms with Crippen molar-refractivity contribution in [2.24, 2.45) is 0 Å². The van der Waals surface area contributed by atoms with Gasteiger partial charge in [0, 0.05) is 42.3 Å². The number of hydrogen-bond donors (Lipinski definition) is 1. The first-order valence-corrected chi connectivity index (χ1v) is 7.17. The fourth-order valence-electron chi connectivity index (χ4n) is 2.60. The normalized spacial score (nSPS) is 23.6. The van der Waals surface area contributed by atoms with Crippen molar-refractivity contribution >= 4 is 23.1 Å². The van der Waals surface area contributed by atoms with Crippen LogP contribution in [0.15, 0.2) is 18.2 Å². The zero-order chi connectivity index (χ0) is 11.0. The van der Waals surface area contributed by atoms with E-state index in [1.165, 1.54) is 41.3 Å². The summed E-state index contributed by atoms with van der Waals surface area (Å²) in [5.41, 5.74) is 4.30. The van der Waals surface area contributed by atoms with Gasteiger partial charge >= 0.3 is 0 Å². The maximum Gasteiger partial charge on any atom is 0.0417 e. The molecule has 1 atom stereocenters. The van der Waals surface area contributed by atoms with E-state index in [1.54, 1.807) is 0 Å². The van der Waals surface area contributed by atoms with E-state index in [9.17, 15) is 0 Å². The predicted molar refractivity (Wildman–Crippen MR) is 72.8 cm³/mol. The molecular formula is C13H18N2S. The maximum atomic E-state index is 3.71. The number of likely N-dealkylation sites (N-methyl/N-ethyl adjacent to an activating group) is 1. The molecule has 3 rings (SSSR count). The number of nitrogens with zero attached hydrogens (tertiary/aromatic N) is 1. The van der Waals surface area contributed by atoms with Crippen molar-refractivity contribution in [2.75, 3.05) is 35.3 Å². The molecule has 16 heavy (non-hydrogen) atoms. The zero-order valence-electron chi connectivity index (χ0n) is 9.70. The van der Waals surface area contributed by atoms with Crippen molar-refractivity contribution < 1.29 is 0 Å². The van der Waals surface area contributed by atoms with Gasteiger partial charge in [-0.2, -0.15) is 11.8 Å². The van der Waals surface area contributed by atoms with Crippen LogP contribution in [0, 0.1) is 0 Å².